The van der Waals surface area contributed by atoms with Crippen LogP contribution < -0.4 is 0 Å². The van der Waals surface area contributed by atoms with Gasteiger partial charge in [-0.05, 0) is 24.8 Å². The maximum atomic E-state index is 12.5. The molecular formula is C17H22N2O4. The molecule has 1 N–H and O–H groups in total. The van der Waals surface area contributed by atoms with Crippen LogP contribution in [0, 0.1) is 0 Å². The Labute approximate surface area is 135 Å². The number of ether oxygens (including phenoxy) is 1. The molecule has 0 spiro atoms. The van der Waals surface area contributed by atoms with E-state index < -0.39 is 5.97 Å². The SMILES string of the molecule is O=C(O)CN1CC[C@H](N(C(=O)OCc2ccccc2)C2CC2)C1. The van der Waals surface area contributed by atoms with Gasteiger partial charge in [-0.2, -0.15) is 0 Å². The molecule has 0 unspecified atom stereocenters. The van der Waals surface area contributed by atoms with Gasteiger partial charge in [0.05, 0.1) is 6.54 Å². The Morgan fingerprint density at radius 2 is 1.91 bits per heavy atom. The van der Waals surface area contributed by atoms with E-state index in [2.05, 4.69) is 0 Å². The fraction of sp³-hybridized carbons (Fsp3) is 0.529. The molecule has 3 rings (SSSR count). The van der Waals surface area contributed by atoms with Gasteiger partial charge in [0.25, 0.3) is 0 Å². The molecule has 2 fully saturated rings. The molecule has 6 nitrogen and oxygen atoms in total. The van der Waals surface area contributed by atoms with E-state index in [0.29, 0.717) is 13.1 Å². The summed E-state index contributed by atoms with van der Waals surface area (Å²) in [6.45, 7) is 1.64. The number of hydrogen-bond donors (Lipinski definition) is 1. The molecule has 1 atom stereocenters. The normalized spacial score (nSPS) is 21.1. The van der Waals surface area contributed by atoms with Crippen LogP contribution in [0.3, 0.4) is 0 Å². The van der Waals surface area contributed by atoms with Gasteiger partial charge >= 0.3 is 12.1 Å². The van der Waals surface area contributed by atoms with Gasteiger partial charge in [0.15, 0.2) is 0 Å². The molecule has 2 aliphatic rings. The molecule has 0 aromatic heterocycles. The van der Waals surface area contributed by atoms with Gasteiger partial charge in [0.1, 0.15) is 6.61 Å². The summed E-state index contributed by atoms with van der Waals surface area (Å²) in [5.74, 6) is -0.824. The van der Waals surface area contributed by atoms with Gasteiger partial charge in [0, 0.05) is 25.2 Å². The van der Waals surface area contributed by atoms with Crippen molar-refractivity contribution in [2.45, 2.75) is 38.0 Å². The summed E-state index contributed by atoms with van der Waals surface area (Å²) < 4.78 is 5.47. The summed E-state index contributed by atoms with van der Waals surface area (Å²) in [5.41, 5.74) is 0.968. The molecule has 6 heteroatoms. The first-order valence-electron chi connectivity index (χ1n) is 8.06. The summed E-state index contributed by atoms with van der Waals surface area (Å²) >= 11 is 0. The van der Waals surface area contributed by atoms with Gasteiger partial charge in [-0.1, -0.05) is 30.3 Å². The number of carbonyl (C=O) groups excluding carboxylic acids is 1. The van der Waals surface area contributed by atoms with Crippen molar-refractivity contribution in [1.29, 1.82) is 0 Å². The van der Waals surface area contributed by atoms with Gasteiger partial charge in [-0.25, -0.2) is 4.79 Å². The zero-order valence-electron chi connectivity index (χ0n) is 13.1. The van der Waals surface area contributed by atoms with E-state index in [0.717, 1.165) is 24.8 Å². The lowest BCUT2D eigenvalue weighted by atomic mass is 10.2. The summed E-state index contributed by atoms with van der Waals surface area (Å²) in [4.78, 5) is 27.0. The Morgan fingerprint density at radius 1 is 1.17 bits per heavy atom. The lowest BCUT2D eigenvalue weighted by molar-refractivity contribution is -0.138. The number of hydrogen-bond acceptors (Lipinski definition) is 4. The van der Waals surface area contributed by atoms with Crippen molar-refractivity contribution in [3.8, 4) is 0 Å². The molecular weight excluding hydrogens is 296 g/mol. The zero-order chi connectivity index (χ0) is 16.2. The van der Waals surface area contributed by atoms with E-state index in [1.54, 1.807) is 0 Å². The molecule has 1 saturated heterocycles. The third-order valence-corrected chi connectivity index (χ3v) is 4.36. The monoisotopic (exact) mass is 318 g/mol. The average Bonchev–Trinajstić information content (AvgIpc) is 3.26. The highest BCUT2D eigenvalue weighted by Gasteiger charge is 2.41. The molecule has 1 aliphatic carbocycles. The second kappa shape index (κ2) is 7.00. The van der Waals surface area contributed by atoms with Crippen molar-refractivity contribution in [3.05, 3.63) is 35.9 Å². The summed E-state index contributed by atoms with van der Waals surface area (Å²) in [5, 5.41) is 8.89. The van der Waals surface area contributed by atoms with Crippen LogP contribution in [0.2, 0.25) is 0 Å². The van der Waals surface area contributed by atoms with Crippen LogP contribution in [-0.2, 0) is 16.1 Å². The number of benzene rings is 1. The molecule has 0 bridgehead atoms. The standard InChI is InChI=1S/C17H22N2O4/c20-16(21)11-18-9-8-15(10-18)19(14-6-7-14)17(22)23-12-13-4-2-1-3-5-13/h1-5,14-15H,6-12H2,(H,20,21)/t15-/m0/s1. The van der Waals surface area contributed by atoms with Gasteiger partial charge < -0.3 is 14.7 Å². The van der Waals surface area contributed by atoms with Gasteiger partial charge in [-0.3, -0.25) is 9.69 Å². The number of carbonyl (C=O) groups is 2. The molecule has 1 aromatic carbocycles. The molecule has 1 amide bonds. The lowest BCUT2D eigenvalue weighted by Gasteiger charge is -2.28. The van der Waals surface area contributed by atoms with Crippen LogP contribution in [-0.4, -0.2) is 58.7 Å². The minimum absolute atomic E-state index is 0.0358. The van der Waals surface area contributed by atoms with Crippen molar-refractivity contribution < 1.29 is 19.4 Å². The van der Waals surface area contributed by atoms with Gasteiger partial charge in [-0.15, -0.1) is 0 Å². The Balaban J connectivity index is 1.56. The van der Waals surface area contributed by atoms with Crippen LogP contribution in [0.25, 0.3) is 0 Å². The average molecular weight is 318 g/mol. The van der Waals surface area contributed by atoms with Crippen molar-refractivity contribution in [2.75, 3.05) is 19.6 Å². The first kappa shape index (κ1) is 15.8. The second-order valence-corrected chi connectivity index (χ2v) is 6.25. The lowest BCUT2D eigenvalue weighted by Crippen LogP contribution is -2.44. The maximum absolute atomic E-state index is 12.5. The fourth-order valence-electron chi connectivity index (χ4n) is 3.12. The van der Waals surface area contributed by atoms with Crippen LogP contribution in [0.1, 0.15) is 24.8 Å². The van der Waals surface area contributed by atoms with Crippen LogP contribution in [0.4, 0.5) is 4.79 Å². The largest absolute Gasteiger partial charge is 0.480 e. The Bertz CT molecular complexity index is 559. The molecule has 1 saturated carbocycles. The third-order valence-electron chi connectivity index (χ3n) is 4.36. The summed E-state index contributed by atoms with van der Waals surface area (Å²) in [6, 6.07) is 9.94. The quantitative estimate of drug-likeness (QED) is 0.868. The van der Waals surface area contributed by atoms with Crippen molar-refractivity contribution in [1.82, 2.24) is 9.80 Å². The van der Waals surface area contributed by atoms with Crippen LogP contribution in [0.5, 0.6) is 0 Å². The Morgan fingerprint density at radius 3 is 2.57 bits per heavy atom. The number of amides is 1. The predicted octanol–water partition coefficient (Wildman–Crippen LogP) is 1.95. The third kappa shape index (κ3) is 4.22. The molecule has 1 aromatic rings. The zero-order valence-corrected chi connectivity index (χ0v) is 13.1. The topological polar surface area (TPSA) is 70.1 Å². The molecule has 1 heterocycles. The number of carboxylic acid groups (broad SMARTS) is 1. The van der Waals surface area contributed by atoms with Crippen molar-refractivity contribution >= 4 is 12.1 Å². The van der Waals surface area contributed by atoms with E-state index in [1.165, 1.54) is 0 Å². The minimum atomic E-state index is -0.824. The molecule has 0 radical (unpaired) electrons. The number of carboxylic acids is 1. The highest BCUT2D eigenvalue weighted by Crippen LogP contribution is 2.32. The predicted molar refractivity (Wildman–Crippen MR) is 84.0 cm³/mol. The smallest absolute Gasteiger partial charge is 0.410 e. The Kier molecular flexibility index (Phi) is 4.81. The van der Waals surface area contributed by atoms with Crippen molar-refractivity contribution in [2.24, 2.45) is 0 Å². The van der Waals surface area contributed by atoms with E-state index >= 15 is 0 Å². The van der Waals surface area contributed by atoms with E-state index in [4.69, 9.17) is 9.84 Å². The molecule has 124 valence electrons. The summed E-state index contributed by atoms with van der Waals surface area (Å²) in [6.07, 6.45) is 2.55. The Hall–Kier alpha value is -2.08. The number of rotatable bonds is 6. The maximum Gasteiger partial charge on any atom is 0.410 e. The van der Waals surface area contributed by atoms with E-state index in [9.17, 15) is 9.59 Å². The molecule has 1 aliphatic heterocycles. The first-order chi connectivity index (χ1) is 11.1. The van der Waals surface area contributed by atoms with E-state index in [-0.39, 0.29) is 31.3 Å². The highest BCUT2D eigenvalue weighted by molar-refractivity contribution is 5.70. The second-order valence-electron chi connectivity index (χ2n) is 6.25. The highest BCUT2D eigenvalue weighted by atomic mass is 16.6. The number of aliphatic carboxylic acids is 1. The van der Waals surface area contributed by atoms with Gasteiger partial charge in [0.2, 0.25) is 0 Å². The van der Waals surface area contributed by atoms with E-state index in [1.807, 2.05) is 40.1 Å². The first-order valence-corrected chi connectivity index (χ1v) is 8.06. The summed E-state index contributed by atoms with van der Waals surface area (Å²) in [7, 11) is 0. The minimum Gasteiger partial charge on any atom is -0.480 e. The fourth-order valence-corrected chi connectivity index (χ4v) is 3.12. The molecule has 23 heavy (non-hydrogen) atoms. The number of nitrogens with zero attached hydrogens (tertiary/aromatic N) is 2. The number of likely N-dealkylation sites (tertiary alicyclic amines) is 1. The van der Waals surface area contributed by atoms with Crippen molar-refractivity contribution in [3.63, 3.8) is 0 Å². The van der Waals surface area contributed by atoms with Crippen LogP contribution in [0.15, 0.2) is 30.3 Å². The van der Waals surface area contributed by atoms with Crippen LogP contribution >= 0.6 is 0 Å².